The summed E-state index contributed by atoms with van der Waals surface area (Å²) in [5.74, 6) is -0.843. The van der Waals surface area contributed by atoms with Gasteiger partial charge in [-0.1, -0.05) is 13.0 Å². The number of hydrogen-bond donors (Lipinski definition) is 2. The molecule has 2 fully saturated rings. The SMILES string of the molecule is CC1CCC2(CC1)NC(=O)N(NC(=O)c1cnc3ccccn3c1=O)C2=O. The molecule has 2 aromatic heterocycles. The van der Waals surface area contributed by atoms with Crippen LogP contribution in [0.15, 0.2) is 35.4 Å². The van der Waals surface area contributed by atoms with E-state index >= 15 is 0 Å². The lowest BCUT2D eigenvalue weighted by atomic mass is 9.77. The van der Waals surface area contributed by atoms with Crippen molar-refractivity contribution in [2.45, 2.75) is 38.1 Å². The average molecular weight is 369 g/mol. The van der Waals surface area contributed by atoms with E-state index in [-0.39, 0.29) is 5.56 Å². The fraction of sp³-hybridized carbons (Fsp3) is 0.389. The second-order valence-electron chi connectivity index (χ2n) is 7.18. The van der Waals surface area contributed by atoms with Crippen LogP contribution >= 0.6 is 0 Å². The molecule has 1 spiro atoms. The van der Waals surface area contributed by atoms with E-state index in [1.165, 1.54) is 10.6 Å². The third kappa shape index (κ3) is 2.75. The van der Waals surface area contributed by atoms with Crippen LogP contribution < -0.4 is 16.3 Å². The minimum atomic E-state index is -0.965. The number of aromatic nitrogens is 2. The van der Waals surface area contributed by atoms with Gasteiger partial charge in [-0.3, -0.25) is 24.2 Å². The molecule has 9 heteroatoms. The molecular formula is C18H19N5O4. The number of rotatable bonds is 2. The lowest BCUT2D eigenvalue weighted by molar-refractivity contribution is -0.134. The summed E-state index contributed by atoms with van der Waals surface area (Å²) in [6.45, 7) is 2.10. The second-order valence-corrected chi connectivity index (χ2v) is 7.18. The van der Waals surface area contributed by atoms with Crippen LogP contribution in [0.2, 0.25) is 0 Å². The molecule has 0 unspecified atom stereocenters. The number of amides is 4. The molecule has 1 aliphatic carbocycles. The van der Waals surface area contributed by atoms with Crippen molar-refractivity contribution in [3.8, 4) is 0 Å². The Morgan fingerprint density at radius 3 is 2.74 bits per heavy atom. The van der Waals surface area contributed by atoms with Crippen molar-refractivity contribution in [2.24, 2.45) is 5.92 Å². The predicted molar refractivity (Wildman–Crippen MR) is 94.7 cm³/mol. The van der Waals surface area contributed by atoms with Gasteiger partial charge >= 0.3 is 6.03 Å². The number of hydrazine groups is 1. The van der Waals surface area contributed by atoms with Crippen molar-refractivity contribution >= 4 is 23.5 Å². The van der Waals surface area contributed by atoms with Crippen molar-refractivity contribution in [3.05, 3.63) is 46.5 Å². The Hall–Kier alpha value is -3.23. The number of carbonyl (C=O) groups excluding carboxylic acids is 3. The van der Waals surface area contributed by atoms with Crippen LogP contribution in [-0.4, -0.2) is 37.8 Å². The molecule has 140 valence electrons. The van der Waals surface area contributed by atoms with Crippen LogP contribution in [-0.2, 0) is 4.79 Å². The maximum absolute atomic E-state index is 12.8. The number of nitrogens with one attached hydrogen (secondary N) is 2. The normalized spacial score (nSPS) is 25.1. The summed E-state index contributed by atoms with van der Waals surface area (Å²) in [5, 5.41) is 3.39. The predicted octanol–water partition coefficient (Wildman–Crippen LogP) is 0.840. The minimum Gasteiger partial charge on any atom is -0.322 e. The molecule has 0 bridgehead atoms. The van der Waals surface area contributed by atoms with Crippen LogP contribution in [0.25, 0.3) is 5.65 Å². The van der Waals surface area contributed by atoms with E-state index in [0.717, 1.165) is 19.0 Å². The number of urea groups is 1. The summed E-state index contributed by atoms with van der Waals surface area (Å²) in [4.78, 5) is 54.2. The van der Waals surface area contributed by atoms with E-state index in [1.54, 1.807) is 18.2 Å². The van der Waals surface area contributed by atoms with E-state index < -0.39 is 28.9 Å². The molecule has 1 aliphatic heterocycles. The Balaban J connectivity index is 1.58. The maximum atomic E-state index is 12.8. The first kappa shape index (κ1) is 17.2. The average Bonchev–Trinajstić information content (AvgIpc) is 2.89. The van der Waals surface area contributed by atoms with E-state index in [4.69, 9.17) is 0 Å². The molecule has 2 aromatic rings. The molecule has 2 aliphatic rings. The van der Waals surface area contributed by atoms with Gasteiger partial charge in [-0.15, -0.1) is 0 Å². The van der Waals surface area contributed by atoms with Crippen molar-refractivity contribution in [1.29, 1.82) is 0 Å². The van der Waals surface area contributed by atoms with Crippen LogP contribution in [0.1, 0.15) is 43.0 Å². The van der Waals surface area contributed by atoms with Gasteiger partial charge in [0, 0.05) is 12.4 Å². The summed E-state index contributed by atoms with van der Waals surface area (Å²) in [5.41, 5.74) is 0.861. The van der Waals surface area contributed by atoms with Gasteiger partial charge < -0.3 is 5.32 Å². The van der Waals surface area contributed by atoms with Crippen molar-refractivity contribution in [2.75, 3.05) is 0 Å². The summed E-state index contributed by atoms with van der Waals surface area (Å²) >= 11 is 0. The zero-order valence-electron chi connectivity index (χ0n) is 14.8. The highest BCUT2D eigenvalue weighted by molar-refractivity contribution is 6.09. The molecule has 0 atom stereocenters. The first-order valence-electron chi connectivity index (χ1n) is 8.85. The number of imide groups is 1. The fourth-order valence-electron chi connectivity index (χ4n) is 3.66. The van der Waals surface area contributed by atoms with Gasteiger partial charge in [0.25, 0.3) is 17.4 Å². The molecule has 2 N–H and O–H groups in total. The van der Waals surface area contributed by atoms with Gasteiger partial charge in [0.2, 0.25) is 0 Å². The minimum absolute atomic E-state index is 0.252. The molecule has 4 amide bonds. The Labute approximate surface area is 154 Å². The molecule has 1 saturated heterocycles. The van der Waals surface area contributed by atoms with Gasteiger partial charge in [0.15, 0.2) is 0 Å². The maximum Gasteiger partial charge on any atom is 0.344 e. The summed E-state index contributed by atoms with van der Waals surface area (Å²) < 4.78 is 1.23. The summed E-state index contributed by atoms with van der Waals surface area (Å²) in [7, 11) is 0. The number of nitrogens with zero attached hydrogens (tertiary/aromatic N) is 3. The fourth-order valence-corrected chi connectivity index (χ4v) is 3.66. The lowest BCUT2D eigenvalue weighted by Gasteiger charge is -2.33. The first-order valence-corrected chi connectivity index (χ1v) is 8.85. The number of carbonyl (C=O) groups is 3. The van der Waals surface area contributed by atoms with Gasteiger partial charge in [-0.2, -0.15) is 5.01 Å². The van der Waals surface area contributed by atoms with E-state index in [2.05, 4.69) is 22.7 Å². The number of hydrogen-bond acceptors (Lipinski definition) is 5. The van der Waals surface area contributed by atoms with Crippen LogP contribution in [0.5, 0.6) is 0 Å². The van der Waals surface area contributed by atoms with Gasteiger partial charge in [-0.05, 0) is 43.7 Å². The third-order valence-corrected chi connectivity index (χ3v) is 5.36. The quantitative estimate of drug-likeness (QED) is 0.762. The van der Waals surface area contributed by atoms with Gasteiger partial charge in [0.05, 0.1) is 0 Å². The molecule has 3 heterocycles. The number of pyridine rings is 1. The topological polar surface area (TPSA) is 113 Å². The van der Waals surface area contributed by atoms with Gasteiger partial charge in [-0.25, -0.2) is 9.78 Å². The largest absolute Gasteiger partial charge is 0.344 e. The standard InChI is InChI=1S/C18H19N5O4/c1-11-5-7-18(8-6-11)16(26)23(17(27)20-18)21-14(24)12-10-19-13-4-2-3-9-22(13)15(12)25/h2-4,9-11H,5-8H2,1H3,(H,20,27)(H,21,24). The first-order chi connectivity index (χ1) is 12.9. The molecule has 27 heavy (non-hydrogen) atoms. The van der Waals surface area contributed by atoms with E-state index in [1.807, 2.05) is 0 Å². The van der Waals surface area contributed by atoms with Crippen LogP contribution in [0.4, 0.5) is 4.79 Å². The highest BCUT2D eigenvalue weighted by atomic mass is 16.2. The molecule has 1 saturated carbocycles. The third-order valence-electron chi connectivity index (χ3n) is 5.36. The number of fused-ring (bicyclic) bond motifs is 1. The molecule has 0 radical (unpaired) electrons. The van der Waals surface area contributed by atoms with Gasteiger partial charge in [0.1, 0.15) is 16.7 Å². The van der Waals surface area contributed by atoms with Crippen LogP contribution in [0.3, 0.4) is 0 Å². The Kier molecular flexibility index (Phi) is 3.94. The lowest BCUT2D eigenvalue weighted by Crippen LogP contribution is -2.52. The molecule has 4 rings (SSSR count). The van der Waals surface area contributed by atoms with E-state index in [0.29, 0.717) is 29.4 Å². The van der Waals surface area contributed by atoms with E-state index in [9.17, 15) is 19.2 Å². The highest BCUT2D eigenvalue weighted by Crippen LogP contribution is 2.35. The van der Waals surface area contributed by atoms with Crippen molar-refractivity contribution < 1.29 is 14.4 Å². The Morgan fingerprint density at radius 1 is 1.26 bits per heavy atom. The van der Waals surface area contributed by atoms with Crippen molar-refractivity contribution in [3.63, 3.8) is 0 Å². The second kappa shape index (κ2) is 6.19. The van der Waals surface area contributed by atoms with Crippen molar-refractivity contribution in [1.82, 2.24) is 25.1 Å². The summed E-state index contributed by atoms with van der Waals surface area (Å²) in [6, 6.07) is 4.31. The van der Waals surface area contributed by atoms with Crippen LogP contribution in [0, 0.1) is 5.92 Å². The Morgan fingerprint density at radius 2 is 2.00 bits per heavy atom. The molecule has 0 aromatic carbocycles. The highest BCUT2D eigenvalue weighted by Gasteiger charge is 2.53. The molecular weight excluding hydrogens is 350 g/mol. The zero-order valence-corrected chi connectivity index (χ0v) is 14.8. The smallest absolute Gasteiger partial charge is 0.322 e. The monoisotopic (exact) mass is 369 g/mol. The summed E-state index contributed by atoms with van der Waals surface area (Å²) in [6.07, 6.45) is 5.35. The molecule has 9 nitrogen and oxygen atoms in total. The zero-order chi connectivity index (χ0) is 19.2. The Bertz CT molecular complexity index is 1010.